The van der Waals surface area contributed by atoms with Gasteiger partial charge in [-0.25, -0.2) is 13.8 Å². The van der Waals surface area contributed by atoms with Crippen molar-refractivity contribution in [2.75, 3.05) is 5.75 Å². The first-order chi connectivity index (χ1) is 8.16. The maximum absolute atomic E-state index is 13.0. The van der Waals surface area contributed by atoms with Gasteiger partial charge in [0.25, 0.3) is 0 Å². The highest BCUT2D eigenvalue weighted by molar-refractivity contribution is 8.00. The Morgan fingerprint density at radius 3 is 2.82 bits per heavy atom. The number of rotatable bonds is 4. The van der Waals surface area contributed by atoms with E-state index in [-0.39, 0.29) is 6.04 Å². The maximum Gasteiger partial charge on any atom is 0.169 e. The molecule has 0 radical (unpaired) electrons. The lowest BCUT2D eigenvalue weighted by atomic mass is 10.1. The van der Waals surface area contributed by atoms with Crippen LogP contribution in [0.4, 0.5) is 8.78 Å². The topological polar surface area (TPSA) is 51.8 Å². The lowest BCUT2D eigenvalue weighted by Gasteiger charge is -2.10. The molecule has 0 saturated heterocycles. The van der Waals surface area contributed by atoms with Gasteiger partial charge in [-0.3, -0.25) is 0 Å². The van der Waals surface area contributed by atoms with Crippen LogP contribution in [0, 0.1) is 11.6 Å². The average Bonchev–Trinajstić information content (AvgIpc) is 2.82. The minimum Gasteiger partial charge on any atom is -0.323 e. The number of hydrogen-bond acceptors (Lipinski definition) is 5. The van der Waals surface area contributed by atoms with E-state index in [1.54, 1.807) is 0 Å². The fraction of sp³-hybridized carbons (Fsp3) is 0.200. The normalized spacial score (nSPS) is 12.6. The third-order valence-corrected chi connectivity index (χ3v) is 4.02. The number of nitrogens with zero attached hydrogens (tertiary/aromatic N) is 2. The predicted molar refractivity (Wildman–Crippen MR) is 63.9 cm³/mol. The van der Waals surface area contributed by atoms with Crippen molar-refractivity contribution in [2.45, 2.75) is 10.4 Å². The van der Waals surface area contributed by atoms with Gasteiger partial charge in [-0.15, -0.1) is 0 Å². The van der Waals surface area contributed by atoms with Gasteiger partial charge in [-0.05, 0) is 29.2 Å². The van der Waals surface area contributed by atoms with E-state index in [4.69, 9.17) is 5.73 Å². The molecule has 0 bridgehead atoms. The summed E-state index contributed by atoms with van der Waals surface area (Å²) in [5.74, 6) is -1.20. The predicted octanol–water partition coefficient (Wildman–Crippen LogP) is 2.61. The summed E-state index contributed by atoms with van der Waals surface area (Å²) in [4.78, 5) is 3.99. The highest BCUT2D eigenvalue weighted by Gasteiger charge is 2.11. The first-order valence-electron chi connectivity index (χ1n) is 4.77. The zero-order valence-corrected chi connectivity index (χ0v) is 10.3. The molecule has 90 valence electrons. The van der Waals surface area contributed by atoms with E-state index >= 15 is 0 Å². The van der Waals surface area contributed by atoms with E-state index in [9.17, 15) is 8.78 Å². The summed E-state index contributed by atoms with van der Waals surface area (Å²) in [6, 6.07) is 3.34. The van der Waals surface area contributed by atoms with E-state index in [1.165, 1.54) is 35.7 Å². The zero-order valence-electron chi connectivity index (χ0n) is 8.64. The molecule has 2 rings (SSSR count). The molecule has 17 heavy (non-hydrogen) atoms. The fourth-order valence-corrected chi connectivity index (χ4v) is 2.69. The van der Waals surface area contributed by atoms with Gasteiger partial charge in [0.05, 0.1) is 0 Å². The molecular weight excluding hydrogens is 264 g/mol. The molecule has 2 N–H and O–H groups in total. The van der Waals surface area contributed by atoms with Gasteiger partial charge < -0.3 is 5.73 Å². The number of benzene rings is 1. The third-order valence-electron chi connectivity index (χ3n) is 2.10. The van der Waals surface area contributed by atoms with Crippen molar-refractivity contribution in [3.63, 3.8) is 0 Å². The molecule has 0 aliphatic heterocycles. The van der Waals surface area contributed by atoms with E-state index in [2.05, 4.69) is 9.36 Å². The average molecular weight is 273 g/mol. The van der Waals surface area contributed by atoms with Crippen LogP contribution in [0.15, 0.2) is 28.9 Å². The van der Waals surface area contributed by atoms with Crippen LogP contribution in [-0.2, 0) is 0 Å². The van der Waals surface area contributed by atoms with Crippen molar-refractivity contribution in [2.24, 2.45) is 5.73 Å². The standard InChI is InChI=1S/C10H9F2N3S2/c11-7-2-1-6(3-8(7)12)9(13)4-16-10-14-5-15-17-10/h1-3,5,9H,4,13H2. The van der Waals surface area contributed by atoms with Crippen LogP contribution < -0.4 is 5.73 Å². The van der Waals surface area contributed by atoms with Crippen molar-refractivity contribution in [3.05, 3.63) is 41.7 Å². The molecule has 1 unspecified atom stereocenters. The van der Waals surface area contributed by atoms with Gasteiger partial charge in [0.2, 0.25) is 0 Å². The van der Waals surface area contributed by atoms with Crippen LogP contribution in [0.5, 0.6) is 0 Å². The van der Waals surface area contributed by atoms with Crippen molar-refractivity contribution in [1.82, 2.24) is 9.36 Å². The van der Waals surface area contributed by atoms with Crippen molar-refractivity contribution < 1.29 is 8.78 Å². The Hall–Kier alpha value is -1.05. The molecule has 0 saturated carbocycles. The Bertz CT molecular complexity index is 490. The minimum absolute atomic E-state index is 0.362. The maximum atomic E-state index is 13.0. The molecule has 2 aromatic rings. The van der Waals surface area contributed by atoms with Gasteiger partial charge >= 0.3 is 0 Å². The quantitative estimate of drug-likeness (QED) is 0.870. The van der Waals surface area contributed by atoms with Crippen LogP contribution in [0.3, 0.4) is 0 Å². The SMILES string of the molecule is NC(CSc1ncns1)c1ccc(F)c(F)c1. The van der Waals surface area contributed by atoms with E-state index in [1.807, 2.05) is 0 Å². The Kier molecular flexibility index (Phi) is 4.03. The molecule has 1 aromatic heterocycles. The molecule has 3 nitrogen and oxygen atoms in total. The van der Waals surface area contributed by atoms with Crippen molar-refractivity contribution in [3.8, 4) is 0 Å². The Morgan fingerprint density at radius 1 is 1.35 bits per heavy atom. The molecule has 0 spiro atoms. The number of halogens is 2. The first kappa shape index (κ1) is 12.4. The smallest absolute Gasteiger partial charge is 0.169 e. The second kappa shape index (κ2) is 5.52. The van der Waals surface area contributed by atoms with Gasteiger partial charge in [0, 0.05) is 11.8 Å². The van der Waals surface area contributed by atoms with Gasteiger partial charge in [-0.1, -0.05) is 17.8 Å². The van der Waals surface area contributed by atoms with Crippen LogP contribution in [-0.4, -0.2) is 15.1 Å². The molecule has 0 amide bonds. The first-order valence-corrected chi connectivity index (χ1v) is 6.52. The molecular formula is C10H9F2N3S2. The summed E-state index contributed by atoms with van der Waals surface area (Å²) in [5, 5.41) is 0. The van der Waals surface area contributed by atoms with Crippen LogP contribution in [0.25, 0.3) is 0 Å². The lowest BCUT2D eigenvalue weighted by Crippen LogP contribution is -2.13. The molecule has 1 aromatic carbocycles. The molecule has 1 atom stereocenters. The van der Waals surface area contributed by atoms with Crippen molar-refractivity contribution in [1.29, 1.82) is 0 Å². The van der Waals surface area contributed by atoms with Gasteiger partial charge in [0.15, 0.2) is 16.0 Å². The van der Waals surface area contributed by atoms with Crippen LogP contribution in [0.2, 0.25) is 0 Å². The van der Waals surface area contributed by atoms with E-state index < -0.39 is 11.6 Å². The number of thioether (sulfide) groups is 1. The van der Waals surface area contributed by atoms with E-state index in [0.717, 1.165) is 16.5 Å². The second-order valence-electron chi connectivity index (χ2n) is 3.30. The molecule has 0 aliphatic rings. The Labute approximate surface area is 105 Å². The second-order valence-corrected chi connectivity index (χ2v) is 5.35. The van der Waals surface area contributed by atoms with Crippen molar-refractivity contribution >= 4 is 23.3 Å². The zero-order chi connectivity index (χ0) is 12.3. The Balaban J connectivity index is 1.99. The van der Waals surface area contributed by atoms with Crippen LogP contribution >= 0.6 is 23.3 Å². The summed E-state index contributed by atoms with van der Waals surface area (Å²) >= 11 is 2.72. The third kappa shape index (κ3) is 3.21. The highest BCUT2D eigenvalue weighted by atomic mass is 32.2. The molecule has 1 heterocycles. The monoisotopic (exact) mass is 273 g/mol. The molecule has 7 heteroatoms. The summed E-state index contributed by atoms with van der Waals surface area (Å²) in [7, 11) is 0. The summed E-state index contributed by atoms with van der Waals surface area (Å²) in [6.45, 7) is 0. The summed E-state index contributed by atoms with van der Waals surface area (Å²) < 4.78 is 30.4. The van der Waals surface area contributed by atoms with Gasteiger partial charge in [-0.2, -0.15) is 4.37 Å². The lowest BCUT2D eigenvalue weighted by molar-refractivity contribution is 0.506. The summed E-state index contributed by atoms with van der Waals surface area (Å²) in [5.41, 5.74) is 6.45. The van der Waals surface area contributed by atoms with E-state index in [0.29, 0.717) is 11.3 Å². The molecule has 0 aliphatic carbocycles. The summed E-state index contributed by atoms with van der Waals surface area (Å²) in [6.07, 6.45) is 1.47. The number of hydrogen-bond donors (Lipinski definition) is 1. The Morgan fingerprint density at radius 2 is 2.18 bits per heavy atom. The molecule has 0 fully saturated rings. The highest BCUT2D eigenvalue weighted by Crippen LogP contribution is 2.24. The van der Waals surface area contributed by atoms with Gasteiger partial charge in [0.1, 0.15) is 6.33 Å². The largest absolute Gasteiger partial charge is 0.323 e. The number of aromatic nitrogens is 2. The van der Waals surface area contributed by atoms with Crippen LogP contribution in [0.1, 0.15) is 11.6 Å². The minimum atomic E-state index is -0.876. The fourth-order valence-electron chi connectivity index (χ4n) is 1.23. The number of nitrogens with two attached hydrogens (primary N) is 1.